The number of nitrogens with zero attached hydrogens (tertiary/aromatic N) is 1. The van der Waals surface area contributed by atoms with Gasteiger partial charge in [-0.3, -0.25) is 4.79 Å². The Bertz CT molecular complexity index is 689. The molecule has 0 aromatic heterocycles. The number of hydrogen-bond donors (Lipinski definition) is 0. The van der Waals surface area contributed by atoms with Gasteiger partial charge in [0.1, 0.15) is 11.7 Å². The van der Waals surface area contributed by atoms with Gasteiger partial charge in [0.2, 0.25) is 0 Å². The molecular weight excluding hydrogens is 277 g/mol. The lowest BCUT2D eigenvalue weighted by Gasteiger charge is -2.09. The van der Waals surface area contributed by atoms with Crippen molar-refractivity contribution in [1.29, 1.82) is 5.26 Å². The Morgan fingerprint density at radius 3 is 2.45 bits per heavy atom. The van der Waals surface area contributed by atoms with Gasteiger partial charge in [-0.2, -0.15) is 5.26 Å². The Balaban J connectivity index is 2.36. The van der Waals surface area contributed by atoms with Crippen molar-refractivity contribution in [3.05, 3.63) is 70.0 Å². The fourth-order valence-corrected chi connectivity index (χ4v) is 1.98. The Hall–Kier alpha value is -2.18. The Kier molecular flexibility index (Phi) is 4.16. The first kappa shape index (κ1) is 14.2. The zero-order valence-corrected chi connectivity index (χ0v) is 11.5. The molecular formula is C16H11ClFNO. The van der Waals surface area contributed by atoms with Gasteiger partial charge in [0.25, 0.3) is 0 Å². The van der Waals surface area contributed by atoms with E-state index in [2.05, 4.69) is 0 Å². The summed E-state index contributed by atoms with van der Waals surface area (Å²) in [7, 11) is 0. The Labute approximate surface area is 121 Å². The largest absolute Gasteiger partial charge is 0.292 e. The Morgan fingerprint density at radius 1 is 1.25 bits per heavy atom. The minimum atomic E-state index is -0.964. The molecule has 100 valence electrons. The maximum Gasteiger partial charge on any atom is 0.184 e. The van der Waals surface area contributed by atoms with Crippen molar-refractivity contribution in [2.24, 2.45) is 0 Å². The molecule has 1 unspecified atom stereocenters. The molecule has 0 radical (unpaired) electrons. The Morgan fingerprint density at radius 2 is 1.90 bits per heavy atom. The van der Waals surface area contributed by atoms with E-state index in [9.17, 15) is 14.4 Å². The summed E-state index contributed by atoms with van der Waals surface area (Å²) in [5.74, 6) is -1.84. The molecule has 0 aliphatic rings. The zero-order chi connectivity index (χ0) is 14.7. The molecule has 0 aliphatic carbocycles. The lowest BCUT2D eigenvalue weighted by molar-refractivity contribution is 0.0978. The van der Waals surface area contributed by atoms with Gasteiger partial charge in [-0.1, -0.05) is 35.9 Å². The van der Waals surface area contributed by atoms with Gasteiger partial charge in [-0.15, -0.1) is 0 Å². The van der Waals surface area contributed by atoms with Crippen molar-refractivity contribution in [3.63, 3.8) is 0 Å². The SMILES string of the molecule is Cc1ccc(C(=O)C(C#N)c2ccc(Cl)cc2)cc1F. The van der Waals surface area contributed by atoms with Gasteiger partial charge in [0.15, 0.2) is 5.78 Å². The number of hydrogen-bond acceptors (Lipinski definition) is 2. The number of rotatable bonds is 3. The predicted octanol–water partition coefficient (Wildman–Crippen LogP) is 4.28. The fraction of sp³-hybridized carbons (Fsp3) is 0.125. The summed E-state index contributed by atoms with van der Waals surface area (Å²) in [5.41, 5.74) is 1.19. The van der Waals surface area contributed by atoms with Crippen molar-refractivity contribution in [1.82, 2.24) is 0 Å². The molecule has 2 aromatic rings. The molecule has 1 atom stereocenters. The lowest BCUT2D eigenvalue weighted by Crippen LogP contribution is -2.11. The highest BCUT2D eigenvalue weighted by Gasteiger charge is 2.22. The van der Waals surface area contributed by atoms with Crippen LogP contribution in [0.3, 0.4) is 0 Å². The first-order chi connectivity index (χ1) is 9.52. The molecule has 20 heavy (non-hydrogen) atoms. The molecule has 2 aromatic carbocycles. The lowest BCUT2D eigenvalue weighted by atomic mass is 9.91. The first-order valence-corrected chi connectivity index (χ1v) is 6.36. The first-order valence-electron chi connectivity index (χ1n) is 5.98. The molecule has 4 heteroatoms. The number of aryl methyl sites for hydroxylation is 1. The van der Waals surface area contributed by atoms with E-state index in [1.807, 2.05) is 6.07 Å². The molecule has 0 amide bonds. The summed E-state index contributed by atoms with van der Waals surface area (Å²) >= 11 is 5.78. The summed E-state index contributed by atoms with van der Waals surface area (Å²) < 4.78 is 13.5. The standard InChI is InChI=1S/C16H11ClFNO/c1-10-2-3-12(8-15(10)18)16(20)14(9-19)11-4-6-13(17)7-5-11/h2-8,14H,1H3. The number of ketones is 1. The van der Waals surface area contributed by atoms with E-state index in [4.69, 9.17) is 11.6 Å². The van der Waals surface area contributed by atoms with Crippen LogP contribution in [0.15, 0.2) is 42.5 Å². The van der Waals surface area contributed by atoms with E-state index < -0.39 is 17.5 Å². The molecule has 0 saturated heterocycles. The van der Waals surface area contributed by atoms with E-state index in [1.54, 1.807) is 31.2 Å². The van der Waals surface area contributed by atoms with E-state index in [1.165, 1.54) is 12.1 Å². The molecule has 2 rings (SSSR count). The normalized spacial score (nSPS) is 11.7. The van der Waals surface area contributed by atoms with Gasteiger partial charge >= 0.3 is 0 Å². The zero-order valence-electron chi connectivity index (χ0n) is 10.7. The van der Waals surface area contributed by atoms with Gasteiger partial charge in [-0.05, 0) is 36.2 Å². The second-order valence-electron chi connectivity index (χ2n) is 4.44. The highest BCUT2D eigenvalue weighted by atomic mass is 35.5. The second kappa shape index (κ2) is 5.85. The number of carbonyl (C=O) groups excluding carboxylic acids is 1. The van der Waals surface area contributed by atoms with Crippen LogP contribution < -0.4 is 0 Å². The van der Waals surface area contributed by atoms with Crippen LogP contribution in [-0.4, -0.2) is 5.78 Å². The summed E-state index contributed by atoms with van der Waals surface area (Å²) in [4.78, 5) is 12.3. The van der Waals surface area contributed by atoms with Crippen LogP contribution in [-0.2, 0) is 0 Å². The summed E-state index contributed by atoms with van der Waals surface area (Å²) in [6.07, 6.45) is 0. The van der Waals surface area contributed by atoms with Gasteiger partial charge in [0, 0.05) is 10.6 Å². The number of carbonyl (C=O) groups is 1. The maximum absolute atomic E-state index is 13.5. The second-order valence-corrected chi connectivity index (χ2v) is 4.88. The van der Waals surface area contributed by atoms with E-state index in [-0.39, 0.29) is 5.56 Å². The smallest absolute Gasteiger partial charge is 0.184 e. The molecule has 0 heterocycles. The molecule has 0 aliphatic heterocycles. The van der Waals surface area contributed by atoms with Crippen molar-refractivity contribution >= 4 is 17.4 Å². The number of nitriles is 1. The number of Topliss-reactive ketones (excluding diaryl/α,β-unsaturated/α-hetero) is 1. The van der Waals surface area contributed by atoms with E-state index in [0.717, 1.165) is 6.07 Å². The minimum Gasteiger partial charge on any atom is -0.292 e. The van der Waals surface area contributed by atoms with Crippen LogP contribution in [0.1, 0.15) is 27.4 Å². The van der Waals surface area contributed by atoms with Crippen molar-refractivity contribution < 1.29 is 9.18 Å². The average molecular weight is 288 g/mol. The maximum atomic E-state index is 13.5. The minimum absolute atomic E-state index is 0.189. The highest BCUT2D eigenvalue weighted by molar-refractivity contribution is 6.30. The average Bonchev–Trinajstić information content (AvgIpc) is 2.44. The molecule has 2 nitrogen and oxygen atoms in total. The predicted molar refractivity (Wildman–Crippen MR) is 75.3 cm³/mol. The monoisotopic (exact) mass is 287 g/mol. The van der Waals surface area contributed by atoms with Gasteiger partial charge < -0.3 is 0 Å². The molecule has 0 bridgehead atoms. The van der Waals surface area contributed by atoms with Crippen molar-refractivity contribution in [2.75, 3.05) is 0 Å². The van der Waals surface area contributed by atoms with Crippen molar-refractivity contribution in [2.45, 2.75) is 12.8 Å². The summed E-state index contributed by atoms with van der Waals surface area (Å²) in [5, 5.41) is 9.73. The molecule has 0 saturated carbocycles. The number of benzene rings is 2. The summed E-state index contributed by atoms with van der Waals surface area (Å²) in [6, 6.07) is 12.7. The van der Waals surface area contributed by atoms with Gasteiger partial charge in [-0.25, -0.2) is 4.39 Å². The van der Waals surface area contributed by atoms with E-state index >= 15 is 0 Å². The van der Waals surface area contributed by atoms with Crippen molar-refractivity contribution in [3.8, 4) is 6.07 Å². The molecule has 0 N–H and O–H groups in total. The summed E-state index contributed by atoms with van der Waals surface area (Å²) in [6.45, 7) is 1.62. The van der Waals surface area contributed by atoms with Crippen LogP contribution in [0.5, 0.6) is 0 Å². The van der Waals surface area contributed by atoms with Crippen LogP contribution in [0.2, 0.25) is 5.02 Å². The van der Waals surface area contributed by atoms with Crippen LogP contribution in [0.25, 0.3) is 0 Å². The quantitative estimate of drug-likeness (QED) is 0.791. The highest BCUT2D eigenvalue weighted by Crippen LogP contribution is 2.23. The fourth-order valence-electron chi connectivity index (χ4n) is 1.85. The third kappa shape index (κ3) is 2.87. The van der Waals surface area contributed by atoms with Crippen LogP contribution in [0.4, 0.5) is 4.39 Å². The molecule has 0 spiro atoms. The third-order valence-corrected chi connectivity index (χ3v) is 3.30. The van der Waals surface area contributed by atoms with E-state index in [0.29, 0.717) is 16.1 Å². The topological polar surface area (TPSA) is 40.9 Å². The van der Waals surface area contributed by atoms with Crippen LogP contribution >= 0.6 is 11.6 Å². The van der Waals surface area contributed by atoms with Gasteiger partial charge in [0.05, 0.1) is 6.07 Å². The molecule has 0 fully saturated rings. The number of halogens is 2. The van der Waals surface area contributed by atoms with Crippen LogP contribution in [0, 0.1) is 24.1 Å². The third-order valence-electron chi connectivity index (χ3n) is 3.05.